The maximum absolute atomic E-state index is 6.15. The summed E-state index contributed by atoms with van der Waals surface area (Å²) in [6.07, 6.45) is 4.04. The van der Waals surface area contributed by atoms with Crippen molar-refractivity contribution in [3.63, 3.8) is 0 Å². The van der Waals surface area contributed by atoms with Crippen molar-refractivity contribution in [1.29, 1.82) is 0 Å². The standard InChI is InChI=1S/C17H14ClN5S2/c1-11-13(18)5-4-6-14(11)20-16-21-22-17(25-16)24-10-12-9-23-8-3-2-7-15(23)19-12/h2-9H,10H2,1H3,(H,20,21). The number of nitrogens with zero attached hydrogens (tertiary/aromatic N) is 4. The molecular formula is C17H14ClN5S2. The molecule has 4 aromatic rings. The van der Waals surface area contributed by atoms with Gasteiger partial charge in [-0.3, -0.25) is 0 Å². The number of pyridine rings is 1. The minimum absolute atomic E-state index is 0.732. The molecule has 4 rings (SSSR count). The highest BCUT2D eigenvalue weighted by atomic mass is 35.5. The summed E-state index contributed by atoms with van der Waals surface area (Å²) in [5.74, 6) is 0.756. The van der Waals surface area contributed by atoms with Crippen LogP contribution in [0.4, 0.5) is 10.8 Å². The van der Waals surface area contributed by atoms with Crippen molar-refractivity contribution in [2.45, 2.75) is 17.0 Å². The molecule has 1 aromatic carbocycles. The maximum atomic E-state index is 6.15. The van der Waals surface area contributed by atoms with Gasteiger partial charge in [0, 0.05) is 28.9 Å². The zero-order chi connectivity index (χ0) is 17.2. The Labute approximate surface area is 158 Å². The summed E-state index contributed by atoms with van der Waals surface area (Å²) in [4.78, 5) is 4.59. The van der Waals surface area contributed by atoms with Gasteiger partial charge in [0.15, 0.2) is 4.34 Å². The molecule has 0 bridgehead atoms. The Bertz CT molecular complexity index is 994. The van der Waals surface area contributed by atoms with Crippen molar-refractivity contribution in [2.75, 3.05) is 5.32 Å². The van der Waals surface area contributed by atoms with Crippen molar-refractivity contribution in [2.24, 2.45) is 0 Å². The van der Waals surface area contributed by atoms with E-state index < -0.39 is 0 Å². The molecule has 0 aliphatic carbocycles. The number of anilines is 2. The second-order valence-electron chi connectivity index (χ2n) is 5.40. The van der Waals surface area contributed by atoms with Gasteiger partial charge in [-0.05, 0) is 36.8 Å². The molecule has 0 spiro atoms. The summed E-state index contributed by atoms with van der Waals surface area (Å²) >= 11 is 9.30. The quantitative estimate of drug-likeness (QED) is 0.478. The predicted octanol–water partition coefficient (Wildman–Crippen LogP) is 5.18. The Morgan fingerprint density at radius 2 is 2.12 bits per heavy atom. The van der Waals surface area contributed by atoms with E-state index in [0.29, 0.717) is 0 Å². The second-order valence-corrected chi connectivity index (χ2v) is 8.00. The van der Waals surface area contributed by atoms with Gasteiger partial charge < -0.3 is 9.72 Å². The van der Waals surface area contributed by atoms with Gasteiger partial charge in [-0.15, -0.1) is 10.2 Å². The Morgan fingerprint density at radius 3 is 3.00 bits per heavy atom. The average molecular weight is 388 g/mol. The molecule has 0 saturated carbocycles. The van der Waals surface area contributed by atoms with Crippen LogP contribution in [0.25, 0.3) is 5.65 Å². The first-order chi connectivity index (χ1) is 12.2. The molecular weight excluding hydrogens is 374 g/mol. The Balaban J connectivity index is 1.43. The smallest absolute Gasteiger partial charge is 0.210 e. The highest BCUT2D eigenvalue weighted by molar-refractivity contribution is 8.00. The summed E-state index contributed by atoms with van der Waals surface area (Å²) < 4.78 is 2.92. The number of aromatic nitrogens is 4. The molecule has 0 atom stereocenters. The Morgan fingerprint density at radius 1 is 1.20 bits per heavy atom. The molecule has 126 valence electrons. The normalized spacial score (nSPS) is 11.1. The van der Waals surface area contributed by atoms with Gasteiger partial charge in [0.1, 0.15) is 5.65 Å². The number of halogens is 1. The lowest BCUT2D eigenvalue weighted by Gasteiger charge is -2.06. The molecule has 0 fully saturated rings. The van der Waals surface area contributed by atoms with Crippen molar-refractivity contribution in [3.8, 4) is 0 Å². The van der Waals surface area contributed by atoms with E-state index in [1.54, 1.807) is 11.8 Å². The zero-order valence-electron chi connectivity index (χ0n) is 13.3. The molecule has 25 heavy (non-hydrogen) atoms. The molecule has 0 unspecified atom stereocenters. The van der Waals surface area contributed by atoms with Crippen molar-refractivity contribution in [3.05, 3.63) is 65.1 Å². The number of imidazole rings is 1. The third-order valence-corrected chi connectivity index (χ3v) is 6.09. The molecule has 0 saturated heterocycles. The minimum Gasteiger partial charge on any atom is -0.330 e. The van der Waals surface area contributed by atoms with E-state index in [4.69, 9.17) is 11.6 Å². The van der Waals surface area contributed by atoms with Crippen LogP contribution in [-0.4, -0.2) is 19.6 Å². The number of thioether (sulfide) groups is 1. The maximum Gasteiger partial charge on any atom is 0.210 e. The molecule has 0 amide bonds. The first-order valence-corrected chi connectivity index (χ1v) is 9.78. The predicted molar refractivity (Wildman–Crippen MR) is 104 cm³/mol. The topological polar surface area (TPSA) is 55.1 Å². The molecule has 5 nitrogen and oxygen atoms in total. The van der Waals surface area contributed by atoms with Gasteiger partial charge in [-0.2, -0.15) is 0 Å². The molecule has 8 heteroatoms. The third kappa shape index (κ3) is 3.63. The lowest BCUT2D eigenvalue weighted by molar-refractivity contribution is 1.01. The van der Waals surface area contributed by atoms with Gasteiger partial charge in [0.2, 0.25) is 5.13 Å². The van der Waals surface area contributed by atoms with Gasteiger partial charge in [0.25, 0.3) is 0 Å². The second kappa shape index (κ2) is 7.03. The molecule has 3 heterocycles. The lowest BCUT2D eigenvalue weighted by atomic mass is 10.2. The van der Waals surface area contributed by atoms with Crippen LogP contribution in [0.3, 0.4) is 0 Å². The van der Waals surface area contributed by atoms with E-state index in [-0.39, 0.29) is 0 Å². The van der Waals surface area contributed by atoms with Gasteiger partial charge in [0.05, 0.1) is 5.69 Å². The number of fused-ring (bicyclic) bond motifs is 1. The highest BCUT2D eigenvalue weighted by Gasteiger charge is 2.09. The van der Waals surface area contributed by atoms with E-state index in [1.165, 1.54) is 11.3 Å². The fraction of sp³-hybridized carbons (Fsp3) is 0.118. The number of hydrogen-bond acceptors (Lipinski definition) is 6. The Hall–Kier alpha value is -2.09. The minimum atomic E-state index is 0.732. The third-order valence-electron chi connectivity index (χ3n) is 3.67. The van der Waals surface area contributed by atoms with Crippen LogP contribution in [0.1, 0.15) is 11.3 Å². The monoisotopic (exact) mass is 387 g/mol. The molecule has 0 aliphatic rings. The van der Waals surface area contributed by atoms with Crippen molar-refractivity contribution >= 4 is 51.2 Å². The fourth-order valence-electron chi connectivity index (χ4n) is 2.37. The number of hydrogen-bond donors (Lipinski definition) is 1. The Kier molecular flexibility index (Phi) is 4.61. The summed E-state index contributed by atoms with van der Waals surface area (Å²) in [7, 11) is 0. The van der Waals surface area contributed by atoms with E-state index in [1.807, 2.05) is 60.1 Å². The summed E-state index contributed by atoms with van der Waals surface area (Å²) in [5.41, 5.74) is 3.92. The van der Waals surface area contributed by atoms with Crippen LogP contribution < -0.4 is 5.32 Å². The number of benzene rings is 1. The van der Waals surface area contributed by atoms with Crippen LogP contribution in [0.2, 0.25) is 5.02 Å². The molecule has 0 aliphatic heterocycles. The van der Waals surface area contributed by atoms with E-state index in [0.717, 1.165) is 42.8 Å². The van der Waals surface area contributed by atoms with Crippen LogP contribution in [0, 0.1) is 6.92 Å². The van der Waals surface area contributed by atoms with E-state index in [2.05, 4.69) is 20.5 Å². The first-order valence-electron chi connectivity index (χ1n) is 7.60. The lowest BCUT2D eigenvalue weighted by Crippen LogP contribution is -1.92. The van der Waals surface area contributed by atoms with Crippen LogP contribution in [-0.2, 0) is 5.75 Å². The number of nitrogens with one attached hydrogen (secondary N) is 1. The molecule has 3 aromatic heterocycles. The van der Waals surface area contributed by atoms with Gasteiger partial charge in [-0.1, -0.05) is 46.8 Å². The molecule has 0 radical (unpaired) electrons. The summed E-state index contributed by atoms with van der Waals surface area (Å²) in [6, 6.07) is 11.7. The zero-order valence-corrected chi connectivity index (χ0v) is 15.7. The largest absolute Gasteiger partial charge is 0.330 e. The summed E-state index contributed by atoms with van der Waals surface area (Å²) in [5, 5.41) is 13.2. The van der Waals surface area contributed by atoms with Gasteiger partial charge >= 0.3 is 0 Å². The van der Waals surface area contributed by atoms with Crippen molar-refractivity contribution < 1.29 is 0 Å². The highest BCUT2D eigenvalue weighted by Crippen LogP contribution is 2.31. The van der Waals surface area contributed by atoms with Crippen LogP contribution in [0.15, 0.2) is 53.1 Å². The van der Waals surface area contributed by atoms with Gasteiger partial charge in [-0.25, -0.2) is 4.98 Å². The first kappa shape index (κ1) is 16.4. The fourth-order valence-corrected chi connectivity index (χ4v) is 4.19. The number of rotatable bonds is 5. The molecule has 1 N–H and O–H groups in total. The van der Waals surface area contributed by atoms with E-state index in [9.17, 15) is 0 Å². The summed E-state index contributed by atoms with van der Waals surface area (Å²) in [6.45, 7) is 1.98. The van der Waals surface area contributed by atoms with Crippen LogP contribution >= 0.6 is 34.7 Å². The average Bonchev–Trinajstić information content (AvgIpc) is 3.23. The van der Waals surface area contributed by atoms with E-state index >= 15 is 0 Å². The SMILES string of the molecule is Cc1c(Cl)cccc1Nc1nnc(SCc2cn3ccccc3n2)s1. The van der Waals surface area contributed by atoms with Crippen molar-refractivity contribution in [1.82, 2.24) is 19.6 Å². The van der Waals surface area contributed by atoms with Crippen LogP contribution in [0.5, 0.6) is 0 Å².